The highest BCUT2D eigenvalue weighted by Crippen LogP contribution is 2.26. The molecular formula is C14H12ClFN2O2. The summed E-state index contributed by atoms with van der Waals surface area (Å²) in [5.74, 6) is -0.511. The zero-order valence-electron chi connectivity index (χ0n) is 10.4. The maximum absolute atomic E-state index is 13.4. The van der Waals surface area contributed by atoms with Crippen LogP contribution in [0.3, 0.4) is 0 Å². The molecule has 1 atom stereocenters. The highest BCUT2D eigenvalue weighted by Gasteiger charge is 2.14. The normalized spacial score (nSPS) is 12.2. The molecule has 1 unspecified atom stereocenters. The summed E-state index contributed by atoms with van der Waals surface area (Å²) in [4.78, 5) is 10.1. The molecule has 20 heavy (non-hydrogen) atoms. The summed E-state index contributed by atoms with van der Waals surface area (Å²) in [7, 11) is 0. The first-order valence-electron chi connectivity index (χ1n) is 5.92. The van der Waals surface area contributed by atoms with Crippen LogP contribution in [0.2, 0.25) is 5.02 Å². The van der Waals surface area contributed by atoms with Gasteiger partial charge in [-0.15, -0.1) is 0 Å². The first kappa shape index (κ1) is 14.4. The molecule has 0 fully saturated rings. The summed E-state index contributed by atoms with van der Waals surface area (Å²) in [6, 6.07) is 10.1. The number of nitrogens with two attached hydrogens (primary N) is 1. The van der Waals surface area contributed by atoms with Crippen LogP contribution in [-0.2, 0) is 6.42 Å². The third kappa shape index (κ3) is 3.12. The molecule has 4 nitrogen and oxygen atoms in total. The molecule has 0 heterocycles. The van der Waals surface area contributed by atoms with Gasteiger partial charge in [-0.2, -0.15) is 0 Å². The Morgan fingerprint density at radius 2 is 1.90 bits per heavy atom. The highest BCUT2D eigenvalue weighted by molar-refractivity contribution is 6.31. The molecule has 0 radical (unpaired) electrons. The summed E-state index contributed by atoms with van der Waals surface area (Å²) in [6.45, 7) is 0. The zero-order chi connectivity index (χ0) is 14.7. The van der Waals surface area contributed by atoms with Gasteiger partial charge in [-0.3, -0.25) is 10.1 Å². The van der Waals surface area contributed by atoms with Crippen molar-refractivity contribution in [3.63, 3.8) is 0 Å². The van der Waals surface area contributed by atoms with Crippen LogP contribution in [0.25, 0.3) is 0 Å². The van der Waals surface area contributed by atoms with Crippen LogP contribution in [0.1, 0.15) is 17.2 Å². The molecule has 2 rings (SSSR count). The lowest BCUT2D eigenvalue weighted by molar-refractivity contribution is -0.384. The second kappa shape index (κ2) is 5.98. The first-order valence-corrected chi connectivity index (χ1v) is 6.29. The van der Waals surface area contributed by atoms with E-state index in [1.165, 1.54) is 18.2 Å². The Balaban J connectivity index is 2.17. The molecule has 0 aliphatic heterocycles. The minimum Gasteiger partial charge on any atom is -0.324 e. The fraction of sp³-hybridized carbons (Fsp3) is 0.143. The van der Waals surface area contributed by atoms with Gasteiger partial charge in [0.25, 0.3) is 5.69 Å². The van der Waals surface area contributed by atoms with E-state index in [2.05, 4.69) is 0 Å². The topological polar surface area (TPSA) is 69.2 Å². The molecule has 0 aliphatic rings. The third-order valence-corrected chi connectivity index (χ3v) is 3.38. The van der Waals surface area contributed by atoms with Crippen molar-refractivity contribution in [2.24, 2.45) is 5.73 Å². The van der Waals surface area contributed by atoms with Gasteiger partial charge in [-0.25, -0.2) is 4.39 Å². The lowest BCUT2D eigenvalue weighted by Crippen LogP contribution is -2.14. The van der Waals surface area contributed by atoms with Gasteiger partial charge in [0, 0.05) is 18.2 Å². The number of non-ortho nitro benzene ring substituents is 1. The van der Waals surface area contributed by atoms with E-state index >= 15 is 0 Å². The van der Waals surface area contributed by atoms with Crippen LogP contribution in [0.4, 0.5) is 10.1 Å². The fourth-order valence-electron chi connectivity index (χ4n) is 1.92. The van der Waals surface area contributed by atoms with Gasteiger partial charge >= 0.3 is 0 Å². The lowest BCUT2D eigenvalue weighted by atomic mass is 9.99. The number of benzene rings is 2. The summed E-state index contributed by atoms with van der Waals surface area (Å²) < 4.78 is 13.4. The van der Waals surface area contributed by atoms with Gasteiger partial charge in [0.15, 0.2) is 0 Å². The van der Waals surface area contributed by atoms with E-state index in [0.717, 1.165) is 5.56 Å². The summed E-state index contributed by atoms with van der Waals surface area (Å²) in [5, 5.41) is 10.6. The zero-order valence-corrected chi connectivity index (χ0v) is 11.2. The van der Waals surface area contributed by atoms with Gasteiger partial charge in [0.1, 0.15) is 5.82 Å². The number of nitrogens with zero attached hydrogens (tertiary/aromatic N) is 1. The quantitative estimate of drug-likeness (QED) is 0.691. The average molecular weight is 295 g/mol. The van der Waals surface area contributed by atoms with Crippen molar-refractivity contribution in [2.45, 2.75) is 12.5 Å². The van der Waals surface area contributed by atoms with Gasteiger partial charge in [-0.1, -0.05) is 35.9 Å². The maximum Gasteiger partial charge on any atom is 0.269 e. The number of nitro groups is 1. The SMILES string of the molecule is NC(Cc1ccc([N+](=O)[O-])cc1)c1cccc(F)c1Cl. The Morgan fingerprint density at radius 3 is 2.50 bits per heavy atom. The second-order valence-electron chi connectivity index (χ2n) is 4.38. The second-order valence-corrected chi connectivity index (χ2v) is 4.76. The Morgan fingerprint density at radius 1 is 1.25 bits per heavy atom. The van der Waals surface area contributed by atoms with Crippen molar-refractivity contribution in [3.8, 4) is 0 Å². The monoisotopic (exact) mass is 294 g/mol. The standard InChI is InChI=1S/C14H12ClFN2O2/c15-14-11(2-1-3-12(14)16)13(17)8-9-4-6-10(7-5-9)18(19)20/h1-7,13H,8,17H2. The van der Waals surface area contributed by atoms with Crippen LogP contribution < -0.4 is 5.73 Å². The fourth-order valence-corrected chi connectivity index (χ4v) is 2.19. The van der Waals surface area contributed by atoms with Crippen molar-refractivity contribution in [2.75, 3.05) is 0 Å². The summed E-state index contributed by atoms with van der Waals surface area (Å²) in [6.07, 6.45) is 0.418. The highest BCUT2D eigenvalue weighted by atomic mass is 35.5. The van der Waals surface area contributed by atoms with E-state index in [9.17, 15) is 14.5 Å². The smallest absolute Gasteiger partial charge is 0.269 e. The minimum absolute atomic E-state index is 0.0157. The molecule has 0 aromatic heterocycles. The summed E-state index contributed by atoms with van der Waals surface area (Å²) in [5.41, 5.74) is 7.37. The van der Waals surface area contributed by atoms with E-state index in [4.69, 9.17) is 17.3 Å². The van der Waals surface area contributed by atoms with Crippen molar-refractivity contribution >= 4 is 17.3 Å². The minimum atomic E-state index is -0.511. The van der Waals surface area contributed by atoms with Gasteiger partial charge in [0.2, 0.25) is 0 Å². The molecule has 0 amide bonds. The Kier molecular flexibility index (Phi) is 4.32. The van der Waals surface area contributed by atoms with Crippen LogP contribution >= 0.6 is 11.6 Å². The molecule has 104 valence electrons. The number of rotatable bonds is 4. The molecule has 0 bridgehead atoms. The van der Waals surface area contributed by atoms with E-state index in [-0.39, 0.29) is 10.7 Å². The predicted molar refractivity (Wildman–Crippen MR) is 75.1 cm³/mol. The van der Waals surface area contributed by atoms with Crippen molar-refractivity contribution < 1.29 is 9.31 Å². The Bertz CT molecular complexity index is 632. The largest absolute Gasteiger partial charge is 0.324 e. The molecule has 2 N–H and O–H groups in total. The Hall–Kier alpha value is -1.98. The Labute approximate surface area is 120 Å². The molecular weight excluding hydrogens is 283 g/mol. The number of nitro benzene ring substituents is 1. The molecule has 6 heteroatoms. The van der Waals surface area contributed by atoms with Crippen LogP contribution in [0, 0.1) is 15.9 Å². The van der Waals surface area contributed by atoms with Crippen molar-refractivity contribution in [1.29, 1.82) is 0 Å². The van der Waals surface area contributed by atoms with E-state index in [1.807, 2.05) is 0 Å². The molecule has 0 spiro atoms. The van der Waals surface area contributed by atoms with Crippen LogP contribution in [0.5, 0.6) is 0 Å². The van der Waals surface area contributed by atoms with E-state index in [0.29, 0.717) is 12.0 Å². The average Bonchev–Trinajstić information content (AvgIpc) is 2.42. The van der Waals surface area contributed by atoms with Gasteiger partial charge < -0.3 is 5.73 Å². The molecule has 2 aromatic carbocycles. The van der Waals surface area contributed by atoms with Crippen LogP contribution in [-0.4, -0.2) is 4.92 Å². The molecule has 2 aromatic rings. The van der Waals surface area contributed by atoms with Crippen molar-refractivity contribution in [1.82, 2.24) is 0 Å². The third-order valence-electron chi connectivity index (χ3n) is 2.98. The first-order chi connectivity index (χ1) is 9.49. The maximum atomic E-state index is 13.4. The van der Waals surface area contributed by atoms with Gasteiger partial charge in [0.05, 0.1) is 9.95 Å². The van der Waals surface area contributed by atoms with Crippen LogP contribution in [0.15, 0.2) is 42.5 Å². The molecule has 0 saturated carbocycles. The van der Waals surface area contributed by atoms with E-state index in [1.54, 1.807) is 24.3 Å². The molecule has 0 saturated heterocycles. The number of halogens is 2. The predicted octanol–water partition coefficient (Wildman–Crippen LogP) is 3.63. The summed E-state index contributed by atoms with van der Waals surface area (Å²) >= 11 is 5.88. The van der Waals surface area contributed by atoms with E-state index < -0.39 is 16.8 Å². The van der Waals surface area contributed by atoms with Crippen molar-refractivity contribution in [3.05, 3.63) is 74.5 Å². The lowest BCUT2D eigenvalue weighted by Gasteiger charge is -2.14. The number of hydrogen-bond donors (Lipinski definition) is 1. The molecule has 0 aliphatic carbocycles. The van der Waals surface area contributed by atoms with Gasteiger partial charge in [-0.05, 0) is 23.6 Å². The number of hydrogen-bond acceptors (Lipinski definition) is 3.